The molecule has 0 amide bonds. The van der Waals surface area contributed by atoms with Crippen molar-refractivity contribution >= 4 is 0 Å². The minimum atomic E-state index is -0.634. The second-order valence-corrected chi connectivity index (χ2v) is 5.02. The minimum absolute atomic E-state index is 0.0960. The van der Waals surface area contributed by atoms with Crippen LogP contribution in [0.2, 0.25) is 0 Å². The molecule has 0 spiro atoms. The van der Waals surface area contributed by atoms with Crippen molar-refractivity contribution in [3.05, 3.63) is 23.3 Å². The molecule has 20 heavy (non-hydrogen) atoms. The number of β-amino-alcohol motifs (C(OH)–C–C–N with tert-alkyl or cyclic N) is 1. The first kappa shape index (κ1) is 14.6. The van der Waals surface area contributed by atoms with Gasteiger partial charge in [-0.25, -0.2) is 0 Å². The summed E-state index contributed by atoms with van der Waals surface area (Å²) >= 11 is 0. The molecule has 1 aliphatic heterocycles. The van der Waals surface area contributed by atoms with E-state index in [4.69, 9.17) is 14.7 Å². The summed E-state index contributed by atoms with van der Waals surface area (Å²) in [6.45, 7) is 3.14. The van der Waals surface area contributed by atoms with Crippen molar-refractivity contribution in [2.45, 2.75) is 32.0 Å². The van der Waals surface area contributed by atoms with Crippen molar-refractivity contribution in [1.29, 1.82) is 5.26 Å². The molecule has 0 aliphatic carbocycles. The lowest BCUT2D eigenvalue weighted by molar-refractivity contribution is 0.0675. The van der Waals surface area contributed by atoms with Crippen LogP contribution in [0, 0.1) is 11.3 Å². The van der Waals surface area contributed by atoms with Gasteiger partial charge in [0.15, 0.2) is 0 Å². The monoisotopic (exact) mass is 276 g/mol. The summed E-state index contributed by atoms with van der Waals surface area (Å²) in [4.78, 5) is 2.10. The molecule has 1 aromatic rings. The van der Waals surface area contributed by atoms with Crippen LogP contribution in [0.5, 0.6) is 11.5 Å². The maximum Gasteiger partial charge on any atom is 0.125 e. The van der Waals surface area contributed by atoms with Crippen LogP contribution in [0.4, 0.5) is 0 Å². The summed E-state index contributed by atoms with van der Waals surface area (Å²) in [5, 5.41) is 19.2. The van der Waals surface area contributed by atoms with Crippen molar-refractivity contribution in [1.82, 2.24) is 4.90 Å². The van der Waals surface area contributed by atoms with Gasteiger partial charge in [0.05, 0.1) is 32.8 Å². The number of aliphatic hydroxyl groups excluding tert-OH is 1. The van der Waals surface area contributed by atoms with Crippen LogP contribution in [0.1, 0.15) is 30.6 Å². The van der Waals surface area contributed by atoms with Crippen molar-refractivity contribution in [2.24, 2.45) is 0 Å². The number of nitrogens with zero attached hydrogens (tertiary/aromatic N) is 2. The van der Waals surface area contributed by atoms with Gasteiger partial charge in [0.2, 0.25) is 0 Å². The molecule has 5 heteroatoms. The Hall–Kier alpha value is -1.77. The number of methoxy groups -OCH3 is 2. The standard InChI is InChI=1S/C15H20N2O3/c1-10(6-7-16)17-8-11-13(19-2)4-5-14(20-3)15(11)12(18)9-17/h4-5,10,12,18H,6,8-9H2,1-3H3. The molecule has 108 valence electrons. The summed E-state index contributed by atoms with van der Waals surface area (Å²) in [5.74, 6) is 1.43. The van der Waals surface area contributed by atoms with Crippen LogP contribution in [-0.4, -0.2) is 36.8 Å². The zero-order chi connectivity index (χ0) is 14.7. The predicted octanol–water partition coefficient (Wildman–Crippen LogP) is 1.85. The van der Waals surface area contributed by atoms with E-state index in [1.165, 1.54) is 0 Å². The summed E-state index contributed by atoms with van der Waals surface area (Å²) in [6.07, 6.45) is -0.195. The molecule has 5 nitrogen and oxygen atoms in total. The fraction of sp³-hybridized carbons (Fsp3) is 0.533. The van der Waals surface area contributed by atoms with E-state index in [0.29, 0.717) is 25.3 Å². The maximum absolute atomic E-state index is 10.4. The third kappa shape index (κ3) is 2.58. The molecule has 0 radical (unpaired) electrons. The molecule has 0 aromatic heterocycles. The SMILES string of the molecule is COc1ccc(OC)c2c1CN(C(C)CC#N)CC2O. The summed E-state index contributed by atoms with van der Waals surface area (Å²) in [7, 11) is 3.21. The lowest BCUT2D eigenvalue weighted by Gasteiger charge is -2.36. The fourth-order valence-corrected chi connectivity index (χ4v) is 2.70. The molecule has 2 atom stereocenters. The van der Waals surface area contributed by atoms with Gasteiger partial charge in [-0.1, -0.05) is 0 Å². The molecule has 2 unspecified atom stereocenters. The van der Waals surface area contributed by atoms with Crippen molar-refractivity contribution in [3.8, 4) is 17.6 Å². The third-order valence-corrected chi connectivity index (χ3v) is 3.83. The molecule has 1 aliphatic rings. The van der Waals surface area contributed by atoms with Gasteiger partial charge in [0, 0.05) is 30.3 Å². The van der Waals surface area contributed by atoms with Gasteiger partial charge in [-0.3, -0.25) is 4.90 Å². The van der Waals surface area contributed by atoms with Gasteiger partial charge >= 0.3 is 0 Å². The average Bonchev–Trinajstić information content (AvgIpc) is 2.46. The first-order valence-electron chi connectivity index (χ1n) is 6.65. The van der Waals surface area contributed by atoms with E-state index in [9.17, 15) is 5.11 Å². The Bertz CT molecular complexity index is 525. The lowest BCUT2D eigenvalue weighted by atomic mass is 9.94. The lowest BCUT2D eigenvalue weighted by Crippen LogP contribution is -2.39. The minimum Gasteiger partial charge on any atom is -0.496 e. The summed E-state index contributed by atoms with van der Waals surface area (Å²) in [6, 6.07) is 5.94. The fourth-order valence-electron chi connectivity index (χ4n) is 2.70. The summed E-state index contributed by atoms with van der Waals surface area (Å²) < 4.78 is 10.7. The molecule has 0 bridgehead atoms. The Morgan fingerprint density at radius 1 is 1.40 bits per heavy atom. The zero-order valence-electron chi connectivity index (χ0n) is 12.1. The van der Waals surface area contributed by atoms with E-state index in [-0.39, 0.29) is 6.04 Å². The number of nitriles is 1. The van der Waals surface area contributed by atoms with Crippen LogP contribution in [-0.2, 0) is 6.54 Å². The Balaban J connectivity index is 2.40. The van der Waals surface area contributed by atoms with E-state index < -0.39 is 6.10 Å². The first-order chi connectivity index (χ1) is 9.62. The van der Waals surface area contributed by atoms with E-state index in [1.807, 2.05) is 19.1 Å². The normalized spacial score (nSPS) is 19.9. The van der Waals surface area contributed by atoms with Crippen molar-refractivity contribution < 1.29 is 14.6 Å². The highest BCUT2D eigenvalue weighted by atomic mass is 16.5. The van der Waals surface area contributed by atoms with Crippen LogP contribution in [0.25, 0.3) is 0 Å². The molecule has 1 aromatic carbocycles. The maximum atomic E-state index is 10.4. The highest BCUT2D eigenvalue weighted by Crippen LogP contribution is 2.39. The Labute approximate surface area is 119 Å². The Morgan fingerprint density at radius 2 is 2.05 bits per heavy atom. The number of hydrogen-bond donors (Lipinski definition) is 1. The van der Waals surface area contributed by atoms with E-state index in [1.54, 1.807) is 14.2 Å². The number of fused-ring (bicyclic) bond motifs is 1. The van der Waals surface area contributed by atoms with Gasteiger partial charge in [-0.15, -0.1) is 0 Å². The van der Waals surface area contributed by atoms with Gasteiger partial charge in [-0.05, 0) is 19.1 Å². The number of benzene rings is 1. The number of rotatable bonds is 4. The van der Waals surface area contributed by atoms with E-state index in [0.717, 1.165) is 16.9 Å². The molecular formula is C15H20N2O3. The van der Waals surface area contributed by atoms with Crippen LogP contribution in [0.3, 0.4) is 0 Å². The molecule has 0 fully saturated rings. The van der Waals surface area contributed by atoms with Gasteiger partial charge in [0.25, 0.3) is 0 Å². The molecular weight excluding hydrogens is 256 g/mol. The quantitative estimate of drug-likeness (QED) is 0.909. The number of hydrogen-bond acceptors (Lipinski definition) is 5. The average molecular weight is 276 g/mol. The number of aliphatic hydroxyl groups is 1. The predicted molar refractivity (Wildman–Crippen MR) is 74.6 cm³/mol. The van der Waals surface area contributed by atoms with Crippen molar-refractivity contribution in [2.75, 3.05) is 20.8 Å². The highest BCUT2D eigenvalue weighted by molar-refractivity contribution is 5.51. The Kier molecular flexibility index (Phi) is 4.48. The third-order valence-electron chi connectivity index (χ3n) is 3.83. The smallest absolute Gasteiger partial charge is 0.125 e. The Morgan fingerprint density at radius 3 is 2.65 bits per heavy atom. The molecule has 0 saturated carbocycles. The topological polar surface area (TPSA) is 65.7 Å². The van der Waals surface area contributed by atoms with Gasteiger partial charge in [0.1, 0.15) is 11.5 Å². The molecule has 0 saturated heterocycles. The zero-order valence-corrected chi connectivity index (χ0v) is 12.1. The van der Waals surface area contributed by atoms with Crippen molar-refractivity contribution in [3.63, 3.8) is 0 Å². The van der Waals surface area contributed by atoms with Crippen LogP contribution >= 0.6 is 0 Å². The molecule has 1 heterocycles. The largest absolute Gasteiger partial charge is 0.496 e. The van der Waals surface area contributed by atoms with Gasteiger partial charge in [-0.2, -0.15) is 5.26 Å². The van der Waals surface area contributed by atoms with Crippen LogP contribution in [0.15, 0.2) is 12.1 Å². The highest BCUT2D eigenvalue weighted by Gasteiger charge is 2.31. The second kappa shape index (κ2) is 6.12. The van der Waals surface area contributed by atoms with E-state index >= 15 is 0 Å². The molecule has 2 rings (SSSR count). The van der Waals surface area contributed by atoms with Crippen LogP contribution < -0.4 is 9.47 Å². The van der Waals surface area contributed by atoms with E-state index in [2.05, 4.69) is 11.0 Å². The number of ether oxygens (including phenoxy) is 2. The molecule has 1 N–H and O–H groups in total. The summed E-state index contributed by atoms with van der Waals surface area (Å²) in [5.41, 5.74) is 1.74. The van der Waals surface area contributed by atoms with Gasteiger partial charge < -0.3 is 14.6 Å². The second-order valence-electron chi connectivity index (χ2n) is 5.02. The first-order valence-corrected chi connectivity index (χ1v) is 6.65.